The molecule has 3 aromatic rings. The van der Waals surface area contributed by atoms with Gasteiger partial charge in [-0.05, 0) is 49.6 Å². The van der Waals surface area contributed by atoms with Gasteiger partial charge in [-0.1, -0.05) is 18.1 Å². The van der Waals surface area contributed by atoms with Crippen LogP contribution in [0.1, 0.15) is 30.8 Å². The summed E-state index contributed by atoms with van der Waals surface area (Å²) in [4.78, 5) is 8.69. The SMILES string of the molecule is CC(C)(C#N)c1ccc(NCC#Cc2cc3c(CN4CCN(CCS(C)(=O)=O)CC4)cccc3n2CC(F)(F)F)cn1. The maximum absolute atomic E-state index is 13.6. The fraction of sp³-hybridized carbons (Fsp3) is 0.467. The number of rotatable bonds is 9. The Morgan fingerprint density at radius 1 is 1.07 bits per heavy atom. The van der Waals surface area contributed by atoms with Crippen molar-refractivity contribution in [3.8, 4) is 17.9 Å². The van der Waals surface area contributed by atoms with Gasteiger partial charge < -0.3 is 9.88 Å². The number of nitriles is 1. The number of sulfone groups is 1. The molecule has 0 unspecified atom stereocenters. The van der Waals surface area contributed by atoms with Crippen LogP contribution in [-0.2, 0) is 28.3 Å². The van der Waals surface area contributed by atoms with Gasteiger partial charge in [-0.2, -0.15) is 18.4 Å². The molecule has 8 nitrogen and oxygen atoms in total. The lowest BCUT2D eigenvalue weighted by Gasteiger charge is -2.34. The van der Waals surface area contributed by atoms with E-state index in [2.05, 4.69) is 38.0 Å². The minimum absolute atomic E-state index is 0.127. The largest absolute Gasteiger partial charge is 0.406 e. The minimum Gasteiger partial charge on any atom is -0.373 e. The number of hydrogen-bond donors (Lipinski definition) is 1. The van der Waals surface area contributed by atoms with E-state index in [0.717, 1.165) is 37.1 Å². The number of nitrogens with zero attached hydrogens (tertiary/aromatic N) is 5. The number of pyridine rings is 1. The molecule has 0 atom stereocenters. The van der Waals surface area contributed by atoms with Crippen molar-refractivity contribution in [2.24, 2.45) is 0 Å². The molecule has 42 heavy (non-hydrogen) atoms. The number of hydrogen-bond acceptors (Lipinski definition) is 7. The van der Waals surface area contributed by atoms with Gasteiger partial charge in [0.1, 0.15) is 16.4 Å². The van der Waals surface area contributed by atoms with Gasteiger partial charge in [0, 0.05) is 56.4 Å². The maximum Gasteiger partial charge on any atom is 0.406 e. The van der Waals surface area contributed by atoms with Crippen LogP contribution in [-0.4, -0.2) is 85.2 Å². The van der Waals surface area contributed by atoms with E-state index >= 15 is 0 Å². The van der Waals surface area contributed by atoms with Crippen molar-refractivity contribution in [1.82, 2.24) is 19.4 Å². The van der Waals surface area contributed by atoms with Crippen molar-refractivity contribution in [2.45, 2.75) is 38.5 Å². The number of aromatic nitrogens is 2. The van der Waals surface area contributed by atoms with Crippen molar-refractivity contribution in [3.63, 3.8) is 0 Å². The van der Waals surface area contributed by atoms with Gasteiger partial charge >= 0.3 is 6.18 Å². The zero-order valence-corrected chi connectivity index (χ0v) is 24.8. The summed E-state index contributed by atoms with van der Waals surface area (Å²) in [5.41, 5.74) is 2.31. The average molecular weight is 601 g/mol. The topological polar surface area (TPSA) is 94.3 Å². The molecule has 0 saturated carbocycles. The molecule has 2 aromatic heterocycles. The van der Waals surface area contributed by atoms with Gasteiger partial charge in [-0.25, -0.2) is 8.42 Å². The minimum atomic E-state index is -4.41. The number of nitrogens with one attached hydrogen (secondary N) is 1. The molecular formula is C30H35F3N6O2S. The number of fused-ring (bicyclic) bond motifs is 1. The highest BCUT2D eigenvalue weighted by molar-refractivity contribution is 7.90. The summed E-state index contributed by atoms with van der Waals surface area (Å²) in [7, 11) is -3.02. The van der Waals surface area contributed by atoms with E-state index in [1.807, 2.05) is 6.07 Å². The number of halogens is 3. The Balaban J connectivity index is 1.48. The number of alkyl halides is 3. The van der Waals surface area contributed by atoms with Gasteiger partial charge in [0.15, 0.2) is 0 Å². The van der Waals surface area contributed by atoms with Gasteiger partial charge in [-0.3, -0.25) is 14.8 Å². The Morgan fingerprint density at radius 2 is 1.79 bits per heavy atom. The fourth-order valence-corrected chi connectivity index (χ4v) is 5.44. The van der Waals surface area contributed by atoms with E-state index in [4.69, 9.17) is 0 Å². The molecule has 4 rings (SSSR count). The van der Waals surface area contributed by atoms with Gasteiger partial charge in [0.25, 0.3) is 0 Å². The molecule has 1 N–H and O–H groups in total. The average Bonchev–Trinajstić information content (AvgIpc) is 3.27. The van der Waals surface area contributed by atoms with Crippen LogP contribution in [0.5, 0.6) is 0 Å². The van der Waals surface area contributed by atoms with Crippen molar-refractivity contribution >= 4 is 26.4 Å². The lowest BCUT2D eigenvalue weighted by Crippen LogP contribution is -2.47. The van der Waals surface area contributed by atoms with Crippen LogP contribution in [0.3, 0.4) is 0 Å². The highest BCUT2D eigenvalue weighted by atomic mass is 32.2. The summed E-state index contributed by atoms with van der Waals surface area (Å²) in [5.74, 6) is 5.98. The molecule has 1 fully saturated rings. The molecule has 1 saturated heterocycles. The zero-order chi connectivity index (χ0) is 30.5. The molecule has 1 aromatic carbocycles. The molecular weight excluding hydrogens is 565 g/mol. The van der Waals surface area contributed by atoms with Gasteiger partial charge in [0.05, 0.1) is 47.1 Å². The second-order valence-corrected chi connectivity index (χ2v) is 13.4. The summed E-state index contributed by atoms with van der Waals surface area (Å²) in [5, 5.41) is 13.1. The molecule has 12 heteroatoms. The highest BCUT2D eigenvalue weighted by Crippen LogP contribution is 2.28. The third kappa shape index (κ3) is 8.48. The van der Waals surface area contributed by atoms with Crippen molar-refractivity contribution in [2.75, 3.05) is 56.6 Å². The monoisotopic (exact) mass is 600 g/mol. The molecule has 0 amide bonds. The van der Waals surface area contributed by atoms with E-state index in [9.17, 15) is 26.9 Å². The summed E-state index contributed by atoms with van der Waals surface area (Å²) in [6, 6.07) is 12.9. The van der Waals surface area contributed by atoms with Crippen LogP contribution in [0, 0.1) is 23.2 Å². The third-order valence-electron chi connectivity index (χ3n) is 7.29. The van der Waals surface area contributed by atoms with Crippen molar-refractivity contribution in [1.29, 1.82) is 5.26 Å². The van der Waals surface area contributed by atoms with Crippen LogP contribution < -0.4 is 5.32 Å². The zero-order valence-electron chi connectivity index (χ0n) is 24.0. The Bertz CT molecular complexity index is 1610. The summed E-state index contributed by atoms with van der Waals surface area (Å²) < 4.78 is 64.9. The van der Waals surface area contributed by atoms with Crippen LogP contribution >= 0.6 is 0 Å². The molecule has 0 radical (unpaired) electrons. The predicted octanol–water partition coefficient (Wildman–Crippen LogP) is 4.03. The van der Waals surface area contributed by atoms with Crippen molar-refractivity contribution < 1.29 is 21.6 Å². The van der Waals surface area contributed by atoms with Gasteiger partial charge in [0.2, 0.25) is 0 Å². The maximum atomic E-state index is 13.6. The summed E-state index contributed by atoms with van der Waals surface area (Å²) >= 11 is 0. The van der Waals surface area contributed by atoms with E-state index in [1.54, 1.807) is 50.4 Å². The Kier molecular flexibility index (Phi) is 9.51. The normalized spacial score (nSPS) is 15.3. The standard InChI is InChI=1S/C30H35F3N6O2S/c1-29(2,21-34)28-10-9-24(19-36-28)35-11-5-7-25-18-26-23(6-4-8-27(26)39(25)22-30(31,32)33)20-38-14-12-37(13-15-38)16-17-42(3,40)41/h4,6,8-10,18-19,35H,11-17,20,22H2,1-3H3. The van der Waals surface area contributed by atoms with E-state index in [1.165, 1.54) is 10.8 Å². The van der Waals surface area contributed by atoms with E-state index < -0.39 is 28.0 Å². The van der Waals surface area contributed by atoms with E-state index in [-0.39, 0.29) is 18.0 Å². The van der Waals surface area contributed by atoms with Crippen LogP contribution in [0.4, 0.5) is 18.9 Å². The van der Waals surface area contributed by atoms with Crippen LogP contribution in [0.25, 0.3) is 10.9 Å². The second kappa shape index (κ2) is 12.7. The van der Waals surface area contributed by atoms with Crippen LogP contribution in [0.2, 0.25) is 0 Å². The quantitative estimate of drug-likeness (QED) is 0.371. The Morgan fingerprint density at radius 3 is 2.40 bits per heavy atom. The lowest BCUT2D eigenvalue weighted by atomic mass is 9.91. The first kappa shape index (κ1) is 31.4. The summed E-state index contributed by atoms with van der Waals surface area (Å²) in [6.45, 7) is 6.65. The number of anilines is 1. The number of piperazine rings is 1. The molecule has 224 valence electrons. The molecule has 1 aliphatic heterocycles. The smallest absolute Gasteiger partial charge is 0.373 e. The first-order valence-corrected chi connectivity index (χ1v) is 15.7. The van der Waals surface area contributed by atoms with Gasteiger partial charge in [-0.15, -0.1) is 0 Å². The predicted molar refractivity (Wildman–Crippen MR) is 158 cm³/mol. The lowest BCUT2D eigenvalue weighted by molar-refractivity contribution is -0.140. The fourth-order valence-electron chi connectivity index (χ4n) is 4.85. The Hall–Kier alpha value is -3.58. The number of benzene rings is 1. The molecule has 0 spiro atoms. The highest BCUT2D eigenvalue weighted by Gasteiger charge is 2.30. The molecule has 1 aliphatic rings. The van der Waals surface area contributed by atoms with Crippen molar-refractivity contribution in [3.05, 3.63) is 59.5 Å². The van der Waals surface area contributed by atoms with Crippen LogP contribution in [0.15, 0.2) is 42.6 Å². The Labute approximate surface area is 245 Å². The second-order valence-electron chi connectivity index (χ2n) is 11.2. The first-order chi connectivity index (χ1) is 19.7. The molecule has 0 bridgehead atoms. The van der Waals surface area contributed by atoms with E-state index in [0.29, 0.717) is 30.0 Å². The third-order valence-corrected chi connectivity index (χ3v) is 8.22. The summed E-state index contributed by atoms with van der Waals surface area (Å²) in [6.07, 6.45) is -1.57. The molecule has 3 heterocycles. The molecule has 0 aliphatic carbocycles. The first-order valence-electron chi connectivity index (χ1n) is 13.6.